The molecule has 5 nitrogen and oxygen atoms in total. The molecule has 0 atom stereocenters. The smallest absolute Gasteiger partial charge is 0.226 e. The summed E-state index contributed by atoms with van der Waals surface area (Å²) in [6, 6.07) is 5.72. The molecule has 0 unspecified atom stereocenters. The number of halogens is 2. The molecule has 96 valence electrons. The monoisotopic (exact) mass is 293 g/mol. The quantitative estimate of drug-likeness (QED) is 0.707. The second kappa shape index (κ2) is 4.68. The molecule has 19 heavy (non-hydrogen) atoms. The maximum Gasteiger partial charge on any atom is 0.226 e. The van der Waals surface area contributed by atoms with E-state index in [1.54, 1.807) is 0 Å². The van der Waals surface area contributed by atoms with E-state index in [9.17, 15) is 0 Å². The second-order valence-corrected chi connectivity index (χ2v) is 4.80. The average molecular weight is 294 g/mol. The number of hydrogen-bond donors (Lipinski definition) is 2. The van der Waals surface area contributed by atoms with Crippen molar-refractivity contribution in [1.29, 1.82) is 0 Å². The van der Waals surface area contributed by atoms with E-state index in [1.807, 2.05) is 25.1 Å². The van der Waals surface area contributed by atoms with E-state index in [4.69, 9.17) is 23.2 Å². The number of hydrogen-bond acceptors (Lipinski definition) is 4. The Morgan fingerprint density at radius 2 is 2.05 bits per heavy atom. The van der Waals surface area contributed by atoms with Crippen LogP contribution < -0.4 is 5.32 Å². The lowest BCUT2D eigenvalue weighted by Gasteiger charge is -2.09. The SMILES string of the molecule is Cc1ccc(Nc2nc(Cl)nc3nc[nH]c23)c(Cl)c1. The van der Waals surface area contributed by atoms with Gasteiger partial charge in [-0.2, -0.15) is 9.97 Å². The summed E-state index contributed by atoms with van der Waals surface area (Å²) in [5.41, 5.74) is 3.02. The van der Waals surface area contributed by atoms with E-state index in [1.165, 1.54) is 6.33 Å². The van der Waals surface area contributed by atoms with Crippen molar-refractivity contribution in [3.05, 3.63) is 40.4 Å². The fraction of sp³-hybridized carbons (Fsp3) is 0.0833. The third-order valence-corrected chi connectivity index (χ3v) is 3.12. The zero-order valence-electron chi connectivity index (χ0n) is 9.91. The first-order valence-corrected chi connectivity index (χ1v) is 6.29. The first-order chi connectivity index (χ1) is 9.13. The number of nitrogens with one attached hydrogen (secondary N) is 2. The number of fused-ring (bicyclic) bond motifs is 1. The van der Waals surface area contributed by atoms with Gasteiger partial charge in [-0.3, -0.25) is 0 Å². The molecule has 3 aromatic rings. The van der Waals surface area contributed by atoms with Crippen molar-refractivity contribution in [1.82, 2.24) is 19.9 Å². The highest BCUT2D eigenvalue weighted by Crippen LogP contribution is 2.28. The molecule has 0 spiro atoms. The number of nitrogens with zero attached hydrogens (tertiary/aromatic N) is 3. The van der Waals surface area contributed by atoms with E-state index in [2.05, 4.69) is 25.3 Å². The third-order valence-electron chi connectivity index (χ3n) is 2.64. The van der Waals surface area contributed by atoms with E-state index in [-0.39, 0.29) is 5.28 Å². The Hall–Kier alpha value is -1.85. The summed E-state index contributed by atoms with van der Waals surface area (Å²) in [6.07, 6.45) is 1.54. The maximum absolute atomic E-state index is 6.18. The molecule has 0 fully saturated rings. The van der Waals surface area contributed by atoms with Crippen LogP contribution in [0.25, 0.3) is 11.2 Å². The standard InChI is InChI=1S/C12H9Cl2N5/c1-6-2-3-8(7(13)4-6)17-11-9-10(16-5-15-9)18-12(14)19-11/h2-5H,1H3,(H2,15,16,17,18,19). The predicted octanol–water partition coefficient (Wildman–Crippen LogP) is 3.71. The molecule has 0 bridgehead atoms. The number of benzene rings is 1. The van der Waals surface area contributed by atoms with E-state index >= 15 is 0 Å². The van der Waals surface area contributed by atoms with Gasteiger partial charge in [0.05, 0.1) is 17.0 Å². The van der Waals surface area contributed by atoms with Crippen molar-refractivity contribution in [2.45, 2.75) is 6.92 Å². The molecule has 1 aromatic carbocycles. The molecule has 0 aliphatic heterocycles. The Kier molecular flexibility index (Phi) is 3.00. The minimum absolute atomic E-state index is 0.130. The molecule has 3 rings (SSSR count). The summed E-state index contributed by atoms with van der Waals surface area (Å²) < 4.78 is 0. The summed E-state index contributed by atoms with van der Waals surface area (Å²) >= 11 is 12.0. The predicted molar refractivity (Wildman–Crippen MR) is 76.2 cm³/mol. The third kappa shape index (κ3) is 2.34. The minimum Gasteiger partial charge on any atom is -0.340 e. The highest BCUT2D eigenvalue weighted by molar-refractivity contribution is 6.33. The maximum atomic E-state index is 6.18. The zero-order chi connectivity index (χ0) is 13.4. The topological polar surface area (TPSA) is 66.5 Å². The summed E-state index contributed by atoms with van der Waals surface area (Å²) in [5, 5.41) is 3.87. The van der Waals surface area contributed by atoms with Crippen LogP contribution in [0.5, 0.6) is 0 Å². The highest BCUT2D eigenvalue weighted by atomic mass is 35.5. The van der Waals surface area contributed by atoms with Gasteiger partial charge in [-0.25, -0.2) is 4.98 Å². The zero-order valence-corrected chi connectivity index (χ0v) is 11.4. The van der Waals surface area contributed by atoms with Crippen LogP contribution in [0.2, 0.25) is 10.3 Å². The molecule has 0 saturated carbocycles. The molecule has 0 amide bonds. The van der Waals surface area contributed by atoms with Gasteiger partial charge in [-0.05, 0) is 36.2 Å². The van der Waals surface area contributed by atoms with Gasteiger partial charge in [0.25, 0.3) is 0 Å². The molecular formula is C12H9Cl2N5. The number of aromatic amines is 1. The van der Waals surface area contributed by atoms with Gasteiger partial charge >= 0.3 is 0 Å². The van der Waals surface area contributed by atoms with Crippen molar-refractivity contribution in [3.8, 4) is 0 Å². The number of rotatable bonds is 2. The first-order valence-electron chi connectivity index (χ1n) is 5.53. The Morgan fingerprint density at radius 1 is 1.21 bits per heavy atom. The van der Waals surface area contributed by atoms with Crippen LogP contribution >= 0.6 is 23.2 Å². The Morgan fingerprint density at radius 3 is 2.84 bits per heavy atom. The summed E-state index contributed by atoms with van der Waals surface area (Å²) in [4.78, 5) is 15.2. The van der Waals surface area contributed by atoms with Crippen LogP contribution in [-0.4, -0.2) is 19.9 Å². The molecule has 0 aliphatic rings. The average Bonchev–Trinajstić information content (AvgIpc) is 2.80. The van der Waals surface area contributed by atoms with Crippen molar-refractivity contribution < 1.29 is 0 Å². The normalized spacial score (nSPS) is 10.9. The van der Waals surface area contributed by atoms with Crippen molar-refractivity contribution in [2.75, 3.05) is 5.32 Å². The van der Waals surface area contributed by atoms with Crippen molar-refractivity contribution >= 4 is 45.9 Å². The van der Waals surface area contributed by atoms with Crippen molar-refractivity contribution in [2.24, 2.45) is 0 Å². The number of aromatic nitrogens is 4. The summed E-state index contributed by atoms with van der Waals surface area (Å²) in [5.74, 6) is 0.540. The van der Waals surface area contributed by atoms with E-state index in [0.29, 0.717) is 22.0 Å². The Balaban J connectivity index is 2.07. The lowest BCUT2D eigenvalue weighted by atomic mass is 10.2. The van der Waals surface area contributed by atoms with Gasteiger partial charge in [0, 0.05) is 0 Å². The summed E-state index contributed by atoms with van der Waals surface area (Å²) in [6.45, 7) is 1.98. The molecule has 0 radical (unpaired) electrons. The fourth-order valence-corrected chi connectivity index (χ4v) is 2.19. The second-order valence-electron chi connectivity index (χ2n) is 4.05. The van der Waals surface area contributed by atoms with Crippen LogP contribution in [0, 0.1) is 6.92 Å². The fourth-order valence-electron chi connectivity index (χ4n) is 1.75. The van der Waals surface area contributed by atoms with Crippen LogP contribution in [0.15, 0.2) is 24.5 Å². The van der Waals surface area contributed by atoms with Gasteiger partial charge < -0.3 is 10.3 Å². The number of imidazole rings is 1. The Labute approximate surface area is 119 Å². The Bertz CT molecular complexity index is 753. The van der Waals surface area contributed by atoms with Crippen LogP contribution in [-0.2, 0) is 0 Å². The minimum atomic E-state index is 0.130. The number of H-pyrrole nitrogens is 1. The summed E-state index contributed by atoms with van der Waals surface area (Å²) in [7, 11) is 0. The van der Waals surface area contributed by atoms with Gasteiger partial charge in [-0.15, -0.1) is 0 Å². The molecule has 2 aromatic heterocycles. The van der Waals surface area contributed by atoms with Crippen molar-refractivity contribution in [3.63, 3.8) is 0 Å². The van der Waals surface area contributed by atoms with Gasteiger partial charge in [0.15, 0.2) is 11.5 Å². The molecule has 2 heterocycles. The lowest BCUT2D eigenvalue weighted by molar-refractivity contribution is 1.20. The first kappa shape index (κ1) is 12.2. The van der Waals surface area contributed by atoms with Gasteiger partial charge in [0.1, 0.15) is 5.52 Å². The number of anilines is 2. The van der Waals surface area contributed by atoms with E-state index < -0.39 is 0 Å². The largest absolute Gasteiger partial charge is 0.340 e. The van der Waals surface area contributed by atoms with Crippen LogP contribution in [0.4, 0.5) is 11.5 Å². The van der Waals surface area contributed by atoms with Gasteiger partial charge in [-0.1, -0.05) is 17.7 Å². The molecule has 0 aliphatic carbocycles. The van der Waals surface area contributed by atoms with Crippen LogP contribution in [0.1, 0.15) is 5.56 Å². The lowest BCUT2D eigenvalue weighted by Crippen LogP contribution is -1.98. The highest BCUT2D eigenvalue weighted by Gasteiger charge is 2.10. The van der Waals surface area contributed by atoms with E-state index in [0.717, 1.165) is 11.3 Å². The molecule has 2 N–H and O–H groups in total. The van der Waals surface area contributed by atoms with Crippen LogP contribution in [0.3, 0.4) is 0 Å². The molecule has 7 heteroatoms. The molecular weight excluding hydrogens is 285 g/mol. The molecule has 0 saturated heterocycles. The number of aryl methyl sites for hydroxylation is 1. The van der Waals surface area contributed by atoms with Gasteiger partial charge in [0.2, 0.25) is 5.28 Å².